The second-order valence-corrected chi connectivity index (χ2v) is 12.6. The third-order valence-corrected chi connectivity index (χ3v) is 10.4. The molecule has 1 aromatic carbocycles. The molecule has 5 rings (SSSR count). The van der Waals surface area contributed by atoms with Gasteiger partial charge in [0.1, 0.15) is 27.1 Å². The molecule has 0 unspecified atom stereocenters. The second-order valence-electron chi connectivity index (χ2n) is 9.58. The first kappa shape index (κ1) is 27.3. The number of nitrogens with one attached hydrogen (secondary N) is 1. The van der Waals surface area contributed by atoms with Gasteiger partial charge in [0, 0.05) is 36.7 Å². The molecule has 2 aromatic heterocycles. The molecule has 2 aliphatic rings. The van der Waals surface area contributed by atoms with Gasteiger partial charge in [-0.3, -0.25) is 4.90 Å². The number of nitrogens with zero attached hydrogens (tertiary/aromatic N) is 4. The summed E-state index contributed by atoms with van der Waals surface area (Å²) >= 11 is 1.77. The summed E-state index contributed by atoms with van der Waals surface area (Å²) in [4.78, 5) is 14.9. The highest BCUT2D eigenvalue weighted by Crippen LogP contribution is 2.40. The van der Waals surface area contributed by atoms with E-state index in [1.165, 1.54) is 21.2 Å². The number of aryl methyl sites for hydroxylation is 2. The van der Waals surface area contributed by atoms with Crippen molar-refractivity contribution in [3.8, 4) is 5.75 Å². The average Bonchev–Trinajstić information content (AvgIpc) is 3.29. The first-order valence-corrected chi connectivity index (χ1v) is 15.9. The molecule has 1 fully saturated rings. The molecule has 1 N–H and O–H groups in total. The zero-order chi connectivity index (χ0) is 26.7. The number of sulfonamides is 1. The van der Waals surface area contributed by atoms with Gasteiger partial charge in [0.15, 0.2) is 0 Å². The summed E-state index contributed by atoms with van der Waals surface area (Å²) in [5.74, 6) is 1.87. The molecule has 206 valence electrons. The van der Waals surface area contributed by atoms with Crippen molar-refractivity contribution in [1.82, 2.24) is 19.2 Å². The number of ether oxygens (including phenoxy) is 2. The summed E-state index contributed by atoms with van der Waals surface area (Å²) in [6.07, 6.45) is 4.44. The zero-order valence-corrected chi connectivity index (χ0v) is 24.1. The van der Waals surface area contributed by atoms with Gasteiger partial charge < -0.3 is 14.8 Å². The van der Waals surface area contributed by atoms with E-state index in [4.69, 9.17) is 19.4 Å². The Morgan fingerprint density at radius 1 is 1.11 bits per heavy atom. The number of morpholine rings is 1. The standard InChI is InChI=1S/C27H37N5O4S2/c1-4-32(5-2)38(33,34)23-17-19(11-12-21(23)36-6-3)28-26-25-20-9-7-8-10-22(20)37-27(25)30-24(29-26)18-31-13-15-35-16-14-31/h11-12,17H,4-10,13-16,18H2,1-3H3,(H,28,29,30). The molecule has 3 aromatic rings. The molecule has 1 aliphatic carbocycles. The van der Waals surface area contributed by atoms with Crippen LogP contribution in [0.25, 0.3) is 10.2 Å². The lowest BCUT2D eigenvalue weighted by Gasteiger charge is -2.26. The molecule has 0 spiro atoms. The highest BCUT2D eigenvalue weighted by Gasteiger charge is 2.27. The molecular formula is C27H37N5O4S2. The maximum atomic E-state index is 13.5. The van der Waals surface area contributed by atoms with E-state index < -0.39 is 10.0 Å². The molecular weight excluding hydrogens is 522 g/mol. The van der Waals surface area contributed by atoms with Gasteiger partial charge in [0.25, 0.3) is 0 Å². The lowest BCUT2D eigenvalue weighted by atomic mass is 9.97. The monoisotopic (exact) mass is 559 g/mol. The van der Waals surface area contributed by atoms with Gasteiger partial charge in [-0.05, 0) is 56.4 Å². The number of anilines is 2. The lowest BCUT2D eigenvalue weighted by Crippen LogP contribution is -2.36. The van der Waals surface area contributed by atoms with Crippen LogP contribution in [0, 0.1) is 0 Å². The molecule has 11 heteroatoms. The largest absolute Gasteiger partial charge is 0.492 e. The number of aromatic nitrogens is 2. The predicted octanol–water partition coefficient (Wildman–Crippen LogP) is 4.58. The SMILES string of the molecule is CCOc1ccc(Nc2nc(CN3CCOCC3)nc3sc4c(c23)CCCC4)cc1S(=O)(=O)N(CC)CC. The average molecular weight is 560 g/mol. The van der Waals surface area contributed by atoms with Gasteiger partial charge in [-0.2, -0.15) is 4.31 Å². The van der Waals surface area contributed by atoms with E-state index in [9.17, 15) is 8.42 Å². The van der Waals surface area contributed by atoms with Crippen LogP contribution in [0.3, 0.4) is 0 Å². The summed E-state index contributed by atoms with van der Waals surface area (Å²) in [5.41, 5.74) is 1.99. The second kappa shape index (κ2) is 11.8. The molecule has 0 saturated carbocycles. The number of hydrogen-bond acceptors (Lipinski definition) is 9. The van der Waals surface area contributed by atoms with Crippen molar-refractivity contribution < 1.29 is 17.9 Å². The molecule has 0 radical (unpaired) electrons. The Morgan fingerprint density at radius 3 is 2.61 bits per heavy atom. The summed E-state index contributed by atoms with van der Waals surface area (Å²) < 4.78 is 39.7. The van der Waals surface area contributed by atoms with Crippen LogP contribution in [0.4, 0.5) is 11.5 Å². The third-order valence-electron chi connectivity index (χ3n) is 7.16. The van der Waals surface area contributed by atoms with E-state index in [1.807, 2.05) is 26.8 Å². The van der Waals surface area contributed by atoms with Crippen LogP contribution in [0.1, 0.15) is 49.9 Å². The Kier molecular flexibility index (Phi) is 8.49. The van der Waals surface area contributed by atoms with Gasteiger partial charge in [-0.1, -0.05) is 13.8 Å². The Morgan fingerprint density at radius 2 is 1.87 bits per heavy atom. The molecule has 0 atom stereocenters. The fourth-order valence-electron chi connectivity index (χ4n) is 5.22. The third kappa shape index (κ3) is 5.53. The number of hydrogen-bond donors (Lipinski definition) is 1. The maximum absolute atomic E-state index is 13.5. The Balaban J connectivity index is 1.57. The fraction of sp³-hybridized carbons (Fsp3) is 0.556. The molecule has 1 aliphatic heterocycles. The summed E-state index contributed by atoms with van der Waals surface area (Å²) in [6.45, 7) is 10.5. The Hall–Kier alpha value is -2.31. The minimum Gasteiger partial charge on any atom is -0.492 e. The van der Waals surface area contributed by atoms with Gasteiger partial charge in [-0.15, -0.1) is 11.3 Å². The summed E-state index contributed by atoms with van der Waals surface area (Å²) in [7, 11) is -3.72. The van der Waals surface area contributed by atoms with Crippen molar-refractivity contribution >= 4 is 43.1 Å². The van der Waals surface area contributed by atoms with Crippen LogP contribution in [0.15, 0.2) is 23.1 Å². The number of rotatable bonds is 10. The van der Waals surface area contributed by atoms with Gasteiger partial charge in [0.2, 0.25) is 10.0 Å². The van der Waals surface area contributed by atoms with Crippen LogP contribution in [-0.4, -0.2) is 73.6 Å². The Labute approximate surface area is 229 Å². The van der Waals surface area contributed by atoms with Crippen LogP contribution >= 0.6 is 11.3 Å². The molecule has 1 saturated heterocycles. The van der Waals surface area contributed by atoms with Crippen LogP contribution in [0.5, 0.6) is 5.75 Å². The van der Waals surface area contributed by atoms with E-state index in [1.54, 1.807) is 23.5 Å². The van der Waals surface area contributed by atoms with Crippen molar-refractivity contribution in [2.75, 3.05) is 51.3 Å². The maximum Gasteiger partial charge on any atom is 0.246 e. The Bertz CT molecular complexity index is 1380. The first-order valence-electron chi connectivity index (χ1n) is 13.6. The van der Waals surface area contributed by atoms with E-state index in [0.717, 1.165) is 67.4 Å². The topological polar surface area (TPSA) is 96.9 Å². The molecule has 9 nitrogen and oxygen atoms in total. The van der Waals surface area contributed by atoms with Gasteiger partial charge in [-0.25, -0.2) is 18.4 Å². The van der Waals surface area contributed by atoms with Crippen molar-refractivity contribution in [2.24, 2.45) is 0 Å². The van der Waals surface area contributed by atoms with Crippen molar-refractivity contribution in [3.63, 3.8) is 0 Å². The molecule has 0 amide bonds. The molecule has 38 heavy (non-hydrogen) atoms. The minimum absolute atomic E-state index is 0.166. The molecule has 3 heterocycles. The van der Waals surface area contributed by atoms with E-state index in [0.29, 0.717) is 37.7 Å². The quantitative estimate of drug-likeness (QED) is 0.386. The van der Waals surface area contributed by atoms with Crippen molar-refractivity contribution in [1.29, 1.82) is 0 Å². The normalized spacial score (nSPS) is 16.6. The zero-order valence-electron chi connectivity index (χ0n) is 22.5. The molecule has 0 bridgehead atoms. The highest BCUT2D eigenvalue weighted by atomic mass is 32.2. The minimum atomic E-state index is -3.72. The van der Waals surface area contributed by atoms with Gasteiger partial charge >= 0.3 is 0 Å². The van der Waals surface area contributed by atoms with E-state index in [2.05, 4.69) is 10.2 Å². The number of benzene rings is 1. The van der Waals surface area contributed by atoms with E-state index in [-0.39, 0.29) is 4.90 Å². The van der Waals surface area contributed by atoms with Crippen LogP contribution in [-0.2, 0) is 34.1 Å². The summed E-state index contributed by atoms with van der Waals surface area (Å²) in [5, 5.41) is 4.56. The first-order chi connectivity index (χ1) is 18.4. The smallest absolute Gasteiger partial charge is 0.246 e. The van der Waals surface area contributed by atoms with Crippen molar-refractivity contribution in [3.05, 3.63) is 34.5 Å². The predicted molar refractivity (Wildman–Crippen MR) is 151 cm³/mol. The summed E-state index contributed by atoms with van der Waals surface area (Å²) in [6, 6.07) is 5.27. The fourth-order valence-corrected chi connectivity index (χ4v) is 8.12. The lowest BCUT2D eigenvalue weighted by molar-refractivity contribution is 0.0331. The van der Waals surface area contributed by atoms with E-state index >= 15 is 0 Å². The highest BCUT2D eigenvalue weighted by molar-refractivity contribution is 7.89. The number of thiophene rings is 1. The number of fused-ring (bicyclic) bond motifs is 3. The van der Waals surface area contributed by atoms with Crippen LogP contribution in [0.2, 0.25) is 0 Å². The van der Waals surface area contributed by atoms with Crippen LogP contribution < -0.4 is 10.1 Å². The van der Waals surface area contributed by atoms with Crippen molar-refractivity contribution in [2.45, 2.75) is 57.9 Å². The van der Waals surface area contributed by atoms with Gasteiger partial charge in [0.05, 0.1) is 31.8 Å².